The van der Waals surface area contributed by atoms with Crippen LogP contribution < -0.4 is 5.30 Å². The van der Waals surface area contributed by atoms with Gasteiger partial charge < -0.3 is 0 Å². The normalized spacial score (nSPS) is 7.42. The standard InChI is InChI=1S/C6H7P.C2H6.2ClH.Ni/c7-6-4-2-1-3-5-6;1-2;;;/h1-5H,7H2;1-2H3;2*1H;/q;;;;+2/p-2. The van der Waals surface area contributed by atoms with Gasteiger partial charge in [-0.2, -0.15) is 0 Å². The van der Waals surface area contributed by atoms with Crippen molar-refractivity contribution >= 4 is 34.9 Å². The topological polar surface area (TPSA) is 0 Å². The molecule has 0 N–H and O–H groups in total. The first-order valence-corrected chi connectivity index (χ1v) is 6.73. The molecule has 0 heterocycles. The minimum absolute atomic E-state index is 0.569. The summed E-state index contributed by atoms with van der Waals surface area (Å²) in [6.07, 6.45) is 0. The first-order chi connectivity index (χ1) is 5.81. The number of hydrogen-bond acceptors (Lipinski definition) is 0. The molecular weight excluding hydrogens is 257 g/mol. The van der Waals surface area contributed by atoms with Crippen LogP contribution in [0.2, 0.25) is 0 Å². The van der Waals surface area contributed by atoms with Gasteiger partial charge in [-0.05, 0) is 5.30 Å². The van der Waals surface area contributed by atoms with Crippen LogP contribution in [0.3, 0.4) is 0 Å². The average molecular weight is 270 g/mol. The summed E-state index contributed by atoms with van der Waals surface area (Å²) < 4.78 is 0. The second-order valence-electron chi connectivity index (χ2n) is 1.46. The third-order valence-electron chi connectivity index (χ3n) is 0.800. The van der Waals surface area contributed by atoms with Crippen molar-refractivity contribution in [2.24, 2.45) is 0 Å². The summed E-state index contributed by atoms with van der Waals surface area (Å²) >= 11 is 0.569. The first kappa shape index (κ1) is 15.2. The zero-order valence-electron chi connectivity index (χ0n) is 7.04. The van der Waals surface area contributed by atoms with Crippen molar-refractivity contribution in [2.75, 3.05) is 0 Å². The fourth-order valence-corrected chi connectivity index (χ4v) is 0.675. The predicted molar refractivity (Wildman–Crippen MR) is 58.8 cm³/mol. The van der Waals surface area contributed by atoms with Gasteiger partial charge in [-0.15, -0.1) is 9.24 Å². The van der Waals surface area contributed by atoms with E-state index >= 15 is 0 Å². The van der Waals surface area contributed by atoms with E-state index in [1.807, 2.05) is 44.2 Å². The van der Waals surface area contributed by atoms with Gasteiger partial charge in [-0.3, -0.25) is 0 Å². The van der Waals surface area contributed by atoms with Crippen molar-refractivity contribution in [2.45, 2.75) is 13.8 Å². The molecule has 0 aromatic heterocycles. The van der Waals surface area contributed by atoms with Crippen LogP contribution in [-0.2, 0) is 12.7 Å². The van der Waals surface area contributed by atoms with Crippen LogP contribution in [0, 0.1) is 0 Å². The van der Waals surface area contributed by atoms with E-state index in [0.717, 1.165) is 0 Å². The molecule has 1 aromatic carbocycles. The van der Waals surface area contributed by atoms with Crippen LogP contribution >= 0.6 is 29.6 Å². The summed E-state index contributed by atoms with van der Waals surface area (Å²) in [4.78, 5) is 0. The van der Waals surface area contributed by atoms with Crippen LogP contribution in [0.5, 0.6) is 0 Å². The molecule has 0 amide bonds. The molecule has 0 saturated carbocycles. The van der Waals surface area contributed by atoms with Crippen LogP contribution in [0.25, 0.3) is 0 Å². The molecule has 1 rings (SSSR count). The van der Waals surface area contributed by atoms with Gasteiger partial charge in [0.25, 0.3) is 0 Å². The van der Waals surface area contributed by atoms with E-state index in [1.54, 1.807) is 0 Å². The fraction of sp³-hybridized carbons (Fsp3) is 0.250. The Morgan fingerprint density at radius 1 is 1.08 bits per heavy atom. The van der Waals surface area contributed by atoms with E-state index in [0.29, 0.717) is 12.7 Å². The summed E-state index contributed by atoms with van der Waals surface area (Å²) in [5.74, 6) is 0. The van der Waals surface area contributed by atoms with E-state index in [-0.39, 0.29) is 0 Å². The zero-order chi connectivity index (χ0) is 9.82. The van der Waals surface area contributed by atoms with Gasteiger partial charge in [-0.1, -0.05) is 44.2 Å². The van der Waals surface area contributed by atoms with E-state index in [2.05, 4.69) is 9.24 Å². The van der Waals surface area contributed by atoms with E-state index in [1.165, 1.54) is 5.30 Å². The summed E-state index contributed by atoms with van der Waals surface area (Å²) in [6.45, 7) is 4.00. The van der Waals surface area contributed by atoms with Gasteiger partial charge in [-0.25, -0.2) is 0 Å². The molecule has 0 aliphatic rings. The Kier molecular flexibility index (Phi) is 18.1. The quantitative estimate of drug-likeness (QED) is 0.499. The maximum atomic E-state index is 4.70. The van der Waals surface area contributed by atoms with Gasteiger partial charge in [0, 0.05) is 0 Å². The molecule has 0 fully saturated rings. The van der Waals surface area contributed by atoms with Crippen molar-refractivity contribution in [1.29, 1.82) is 0 Å². The number of benzene rings is 1. The third-order valence-corrected chi connectivity index (χ3v) is 1.18. The van der Waals surface area contributed by atoms with Gasteiger partial charge in [0.2, 0.25) is 0 Å². The Bertz CT molecular complexity index is 158. The Morgan fingerprint density at radius 3 is 1.58 bits per heavy atom. The molecule has 12 heavy (non-hydrogen) atoms. The second-order valence-corrected chi connectivity index (χ2v) is 3.75. The summed E-state index contributed by atoms with van der Waals surface area (Å²) in [5, 5.41) is 1.24. The molecule has 0 spiro atoms. The first-order valence-electron chi connectivity index (χ1n) is 3.44. The van der Waals surface area contributed by atoms with Crippen LogP contribution in [-0.4, -0.2) is 0 Å². The molecule has 4 heteroatoms. The van der Waals surface area contributed by atoms with Crippen LogP contribution in [0.15, 0.2) is 30.3 Å². The van der Waals surface area contributed by atoms with Gasteiger partial charge in [0.1, 0.15) is 0 Å². The number of hydrogen-bond donors (Lipinski definition) is 0. The van der Waals surface area contributed by atoms with E-state index in [4.69, 9.17) is 20.4 Å². The van der Waals surface area contributed by atoms with Crippen LogP contribution in [0.1, 0.15) is 13.8 Å². The SMILES string of the molecule is CC.Pc1ccccc1.[Cl][Ni][Cl]. The van der Waals surface area contributed by atoms with Gasteiger partial charge in [0.15, 0.2) is 0 Å². The van der Waals surface area contributed by atoms with Crippen molar-refractivity contribution in [3.8, 4) is 0 Å². The molecule has 0 saturated heterocycles. The fourth-order valence-electron chi connectivity index (χ4n) is 0.453. The van der Waals surface area contributed by atoms with E-state index in [9.17, 15) is 0 Å². The van der Waals surface area contributed by atoms with Crippen LogP contribution in [0.4, 0.5) is 0 Å². The van der Waals surface area contributed by atoms with Crippen molar-refractivity contribution in [3.05, 3.63) is 30.3 Å². The number of rotatable bonds is 0. The minimum atomic E-state index is 0.569. The average Bonchev–Trinajstić information content (AvgIpc) is 2.11. The molecule has 0 aliphatic carbocycles. The Morgan fingerprint density at radius 2 is 1.42 bits per heavy atom. The monoisotopic (exact) mass is 268 g/mol. The molecule has 1 unspecified atom stereocenters. The molecular formula is C8H13Cl2NiP. The molecule has 0 radical (unpaired) electrons. The van der Waals surface area contributed by atoms with Gasteiger partial charge >= 0.3 is 33.0 Å². The Hall–Kier alpha value is 0.724. The second kappa shape index (κ2) is 14.3. The molecule has 1 aromatic rings. The summed E-state index contributed by atoms with van der Waals surface area (Å²) in [5.41, 5.74) is 0. The molecule has 0 aliphatic heterocycles. The predicted octanol–water partition coefficient (Wildman–Crippen LogP) is 3.59. The third kappa shape index (κ3) is 13.3. The molecule has 1 atom stereocenters. The maximum absolute atomic E-state index is 4.70. The van der Waals surface area contributed by atoms with Crippen molar-refractivity contribution < 1.29 is 12.7 Å². The Labute approximate surface area is 91.6 Å². The van der Waals surface area contributed by atoms with Gasteiger partial charge in [0.05, 0.1) is 0 Å². The molecule has 0 nitrogen and oxygen atoms in total. The molecule has 74 valence electrons. The Balaban J connectivity index is 0. The number of halogens is 2. The summed E-state index contributed by atoms with van der Waals surface area (Å²) in [6, 6.07) is 10.1. The van der Waals surface area contributed by atoms with Crippen molar-refractivity contribution in [1.82, 2.24) is 0 Å². The summed E-state index contributed by atoms with van der Waals surface area (Å²) in [7, 11) is 12.0. The van der Waals surface area contributed by atoms with Crippen molar-refractivity contribution in [3.63, 3.8) is 0 Å². The molecule has 0 bridgehead atoms. The zero-order valence-corrected chi connectivity index (χ0v) is 10.7. The van der Waals surface area contributed by atoms with E-state index < -0.39 is 0 Å².